The van der Waals surface area contributed by atoms with Crippen molar-refractivity contribution in [2.24, 2.45) is 0 Å². The molecule has 0 amide bonds. The van der Waals surface area contributed by atoms with Gasteiger partial charge in [0.2, 0.25) is 0 Å². The second kappa shape index (κ2) is 9.90. The summed E-state index contributed by atoms with van der Waals surface area (Å²) < 4.78 is 29.8. The Morgan fingerprint density at radius 2 is 1.77 bits per heavy atom. The Morgan fingerprint density at radius 1 is 1.13 bits per heavy atom. The maximum absolute atomic E-state index is 12.1. The molecule has 0 bridgehead atoms. The summed E-state index contributed by atoms with van der Waals surface area (Å²) in [5.41, 5.74) is 2.43. The number of rotatable bonds is 8. The zero-order chi connectivity index (χ0) is 22.6. The molecular formula is C24H32ClNO4S. The Kier molecular flexibility index (Phi) is 7.68. The van der Waals surface area contributed by atoms with Crippen molar-refractivity contribution >= 4 is 21.4 Å². The molecule has 2 aromatic carbocycles. The molecule has 1 N–H and O–H groups in total. The van der Waals surface area contributed by atoms with Crippen molar-refractivity contribution in [3.05, 3.63) is 64.7 Å². The first kappa shape index (κ1) is 24.1. The van der Waals surface area contributed by atoms with Gasteiger partial charge in [-0.15, -0.1) is 0 Å². The number of ether oxygens (including phenoxy) is 1. The average molecular weight is 466 g/mol. The normalized spacial score (nSPS) is 19.5. The minimum atomic E-state index is -3.02. The highest BCUT2D eigenvalue weighted by molar-refractivity contribution is 7.91. The van der Waals surface area contributed by atoms with Crippen LogP contribution < -0.4 is 4.74 Å². The van der Waals surface area contributed by atoms with Crippen LogP contribution in [0.4, 0.5) is 0 Å². The summed E-state index contributed by atoms with van der Waals surface area (Å²) in [6, 6.07) is 15.3. The summed E-state index contributed by atoms with van der Waals surface area (Å²) in [4.78, 5) is 2.08. The van der Waals surface area contributed by atoms with Crippen molar-refractivity contribution in [3.8, 4) is 5.75 Å². The van der Waals surface area contributed by atoms with Gasteiger partial charge in [0.1, 0.15) is 18.5 Å². The highest BCUT2D eigenvalue weighted by Crippen LogP contribution is 2.24. The number of hydrogen-bond acceptors (Lipinski definition) is 5. The largest absolute Gasteiger partial charge is 0.491 e. The zero-order valence-electron chi connectivity index (χ0n) is 18.4. The number of hydrogen-bond donors (Lipinski definition) is 1. The van der Waals surface area contributed by atoms with Crippen LogP contribution in [0.25, 0.3) is 0 Å². The van der Waals surface area contributed by atoms with Gasteiger partial charge >= 0.3 is 0 Å². The van der Waals surface area contributed by atoms with Crippen molar-refractivity contribution in [2.45, 2.75) is 51.3 Å². The Balaban J connectivity index is 1.66. The molecule has 1 fully saturated rings. The standard InChI is InChI=1S/C24H32ClNO4S/c1-24(2,3)19-6-4-18(5-7-19)14-26(21-12-13-31(28,29)17-21)15-22(27)16-30-23-10-8-20(25)9-11-23/h4-11,21-22,27H,12-17H2,1-3H3/t21-,22-/m0/s1. The lowest BCUT2D eigenvalue weighted by atomic mass is 9.86. The number of aliphatic hydroxyl groups is 1. The SMILES string of the molecule is CC(C)(C)c1ccc(CN(C[C@H](O)COc2ccc(Cl)cc2)[C@H]2CCS(=O)(=O)C2)cc1. The van der Waals surface area contributed by atoms with E-state index in [1.165, 1.54) is 5.56 Å². The fourth-order valence-corrected chi connectivity index (χ4v) is 5.68. The number of aliphatic hydroxyl groups excluding tert-OH is 1. The van der Waals surface area contributed by atoms with Gasteiger partial charge in [0.05, 0.1) is 11.5 Å². The molecule has 2 atom stereocenters. The molecule has 1 heterocycles. The molecule has 7 heteroatoms. The first-order valence-corrected chi connectivity index (χ1v) is 12.8. The van der Waals surface area contributed by atoms with E-state index in [4.69, 9.17) is 16.3 Å². The van der Waals surface area contributed by atoms with Gasteiger partial charge in [0.25, 0.3) is 0 Å². The van der Waals surface area contributed by atoms with Crippen molar-refractivity contribution in [3.63, 3.8) is 0 Å². The molecule has 0 aromatic heterocycles. The van der Waals surface area contributed by atoms with Crippen LogP contribution in [0.5, 0.6) is 5.75 Å². The van der Waals surface area contributed by atoms with Crippen molar-refractivity contribution < 1.29 is 18.3 Å². The Labute approximate surface area is 190 Å². The van der Waals surface area contributed by atoms with E-state index in [0.717, 1.165) is 5.56 Å². The van der Waals surface area contributed by atoms with Crippen LogP contribution in [0.3, 0.4) is 0 Å². The lowest BCUT2D eigenvalue weighted by Gasteiger charge is -2.30. The number of benzene rings is 2. The van der Waals surface area contributed by atoms with Crippen molar-refractivity contribution in [2.75, 3.05) is 24.7 Å². The molecule has 2 aromatic rings. The minimum absolute atomic E-state index is 0.0763. The highest BCUT2D eigenvalue weighted by atomic mass is 35.5. The number of halogens is 1. The third-order valence-corrected chi connectivity index (χ3v) is 7.63. The van der Waals surface area contributed by atoms with Crippen LogP contribution >= 0.6 is 11.6 Å². The third kappa shape index (κ3) is 7.21. The monoisotopic (exact) mass is 465 g/mol. The van der Waals surface area contributed by atoms with E-state index < -0.39 is 15.9 Å². The predicted molar refractivity (Wildman–Crippen MR) is 126 cm³/mol. The van der Waals surface area contributed by atoms with Crippen molar-refractivity contribution in [1.82, 2.24) is 4.90 Å². The molecule has 1 aliphatic rings. The summed E-state index contributed by atoms with van der Waals surface area (Å²) in [6.07, 6.45) is -0.152. The predicted octanol–water partition coefficient (Wildman–Crippen LogP) is 4.07. The summed E-state index contributed by atoms with van der Waals surface area (Å²) >= 11 is 5.89. The van der Waals surface area contributed by atoms with Crippen LogP contribution in [0.15, 0.2) is 48.5 Å². The average Bonchev–Trinajstić information content (AvgIpc) is 3.06. The second-order valence-corrected chi connectivity index (χ2v) is 12.0. The van der Waals surface area contributed by atoms with Gasteiger partial charge in [-0.25, -0.2) is 8.42 Å². The topological polar surface area (TPSA) is 66.8 Å². The molecule has 170 valence electrons. The van der Waals surface area contributed by atoms with E-state index in [-0.39, 0.29) is 29.6 Å². The molecule has 0 spiro atoms. The lowest BCUT2D eigenvalue weighted by Crippen LogP contribution is -2.42. The van der Waals surface area contributed by atoms with Gasteiger partial charge in [0, 0.05) is 24.2 Å². The van der Waals surface area contributed by atoms with Crippen LogP contribution in [-0.4, -0.2) is 55.2 Å². The fourth-order valence-electron chi connectivity index (χ4n) is 3.80. The molecule has 0 saturated carbocycles. The summed E-state index contributed by atoms with van der Waals surface area (Å²) in [5, 5.41) is 11.2. The maximum atomic E-state index is 12.1. The summed E-state index contributed by atoms with van der Waals surface area (Å²) in [7, 11) is -3.02. The molecule has 0 unspecified atom stereocenters. The molecule has 1 saturated heterocycles. The van der Waals surface area contributed by atoms with Gasteiger partial charge < -0.3 is 9.84 Å². The van der Waals surface area contributed by atoms with E-state index >= 15 is 0 Å². The maximum Gasteiger partial charge on any atom is 0.151 e. The quantitative estimate of drug-likeness (QED) is 0.636. The Bertz CT molecular complexity index is 953. The smallest absolute Gasteiger partial charge is 0.151 e. The van der Waals surface area contributed by atoms with E-state index in [1.54, 1.807) is 24.3 Å². The molecule has 0 radical (unpaired) electrons. The van der Waals surface area contributed by atoms with Gasteiger partial charge in [-0.2, -0.15) is 0 Å². The van der Waals surface area contributed by atoms with Crippen LogP contribution in [0.1, 0.15) is 38.3 Å². The molecule has 5 nitrogen and oxygen atoms in total. The van der Waals surface area contributed by atoms with Crippen LogP contribution in [-0.2, 0) is 21.8 Å². The summed E-state index contributed by atoms with van der Waals surface area (Å²) in [5.74, 6) is 0.975. The number of sulfone groups is 1. The van der Waals surface area contributed by atoms with E-state index in [2.05, 4.69) is 49.9 Å². The lowest BCUT2D eigenvalue weighted by molar-refractivity contribution is 0.0525. The molecular weight excluding hydrogens is 434 g/mol. The van der Waals surface area contributed by atoms with Gasteiger partial charge in [-0.3, -0.25) is 4.90 Å². The Hall–Kier alpha value is -1.60. The van der Waals surface area contributed by atoms with Gasteiger partial charge in [-0.05, 0) is 47.2 Å². The van der Waals surface area contributed by atoms with Crippen molar-refractivity contribution in [1.29, 1.82) is 0 Å². The van der Waals surface area contributed by atoms with Crippen LogP contribution in [0.2, 0.25) is 5.02 Å². The molecule has 31 heavy (non-hydrogen) atoms. The van der Waals surface area contributed by atoms with Crippen LogP contribution in [0, 0.1) is 0 Å². The highest BCUT2D eigenvalue weighted by Gasteiger charge is 2.33. The first-order chi connectivity index (χ1) is 14.5. The number of nitrogens with zero attached hydrogens (tertiary/aromatic N) is 1. The van der Waals surface area contributed by atoms with Gasteiger partial charge in [-0.1, -0.05) is 56.6 Å². The molecule has 3 rings (SSSR count). The minimum Gasteiger partial charge on any atom is -0.491 e. The van der Waals surface area contributed by atoms with Gasteiger partial charge in [0.15, 0.2) is 9.84 Å². The summed E-state index contributed by atoms with van der Waals surface area (Å²) in [6.45, 7) is 7.58. The zero-order valence-corrected chi connectivity index (χ0v) is 20.0. The third-order valence-electron chi connectivity index (χ3n) is 5.63. The van der Waals surface area contributed by atoms with E-state index in [1.807, 2.05) is 0 Å². The Morgan fingerprint density at radius 3 is 2.32 bits per heavy atom. The van der Waals surface area contributed by atoms with E-state index in [0.29, 0.717) is 30.3 Å². The van der Waals surface area contributed by atoms with E-state index in [9.17, 15) is 13.5 Å². The second-order valence-electron chi connectivity index (χ2n) is 9.35. The first-order valence-electron chi connectivity index (χ1n) is 10.6. The fraction of sp³-hybridized carbons (Fsp3) is 0.500. The molecule has 1 aliphatic heterocycles. The molecule has 0 aliphatic carbocycles.